The Labute approximate surface area is 226 Å². The number of amides is 3. The molecule has 0 aliphatic rings. The van der Waals surface area contributed by atoms with Crippen LogP contribution in [0, 0.1) is 37.0 Å². The molecule has 0 heterocycles. The molecular weight excluding hydrogens is 486 g/mol. The molecule has 3 N–H and O–H groups in total. The van der Waals surface area contributed by atoms with E-state index < -0.39 is 17.7 Å². The summed E-state index contributed by atoms with van der Waals surface area (Å²) in [6.07, 6.45) is 16.4. The minimum atomic E-state index is -0.531. The topological polar surface area (TPSA) is 87.3 Å². The molecule has 0 aliphatic heterocycles. The van der Waals surface area contributed by atoms with Gasteiger partial charge in [-0.1, -0.05) is 36.0 Å². The van der Waals surface area contributed by atoms with Crippen LogP contribution in [0.15, 0.2) is 91.0 Å². The maximum atomic E-state index is 13.2. The standard InChI is InChI=1S/C33H21N3O3/c1-4-22-10-7-13-28(16-22)34-31(37)25-19-26(32(38)35-29-14-8-11-23(5-2)17-29)21-27(20-25)33(39)36-30-15-9-12-24(6-3)18-30/h1-3,7-21H,(H,34,37)(H,35,38)(H,36,39). The van der Waals surface area contributed by atoms with Gasteiger partial charge < -0.3 is 16.0 Å². The Kier molecular flexibility index (Phi) is 7.88. The van der Waals surface area contributed by atoms with E-state index in [9.17, 15) is 14.4 Å². The smallest absolute Gasteiger partial charge is 0.255 e. The number of anilines is 3. The van der Waals surface area contributed by atoms with Gasteiger partial charge in [-0.05, 0) is 72.8 Å². The Hall–Kier alpha value is -6.03. The zero-order chi connectivity index (χ0) is 27.8. The number of carbonyl (C=O) groups excluding carboxylic acids is 3. The minimum absolute atomic E-state index is 0.0914. The van der Waals surface area contributed by atoms with E-state index >= 15 is 0 Å². The summed E-state index contributed by atoms with van der Waals surface area (Å²) in [5.41, 5.74) is 3.43. The van der Waals surface area contributed by atoms with Gasteiger partial charge in [0.05, 0.1) is 0 Å². The van der Waals surface area contributed by atoms with Crippen molar-refractivity contribution in [3.8, 4) is 37.0 Å². The van der Waals surface area contributed by atoms with Crippen molar-refractivity contribution in [1.82, 2.24) is 0 Å². The summed E-state index contributed by atoms with van der Waals surface area (Å²) >= 11 is 0. The molecular formula is C33H21N3O3. The van der Waals surface area contributed by atoms with Crippen LogP contribution in [0.1, 0.15) is 47.8 Å². The molecule has 0 saturated carbocycles. The predicted molar refractivity (Wildman–Crippen MR) is 153 cm³/mol. The van der Waals surface area contributed by atoms with Crippen LogP contribution < -0.4 is 16.0 Å². The van der Waals surface area contributed by atoms with E-state index in [0.717, 1.165) is 0 Å². The molecule has 6 nitrogen and oxygen atoms in total. The maximum Gasteiger partial charge on any atom is 0.255 e. The highest BCUT2D eigenvalue weighted by Gasteiger charge is 2.18. The summed E-state index contributed by atoms with van der Waals surface area (Å²) in [5.74, 6) is 5.93. The van der Waals surface area contributed by atoms with Gasteiger partial charge in [0.1, 0.15) is 0 Å². The van der Waals surface area contributed by atoms with Crippen LogP contribution in [0.3, 0.4) is 0 Å². The molecule has 4 aromatic carbocycles. The molecule has 0 bridgehead atoms. The van der Waals surface area contributed by atoms with Crippen LogP contribution in [0.25, 0.3) is 0 Å². The lowest BCUT2D eigenvalue weighted by atomic mass is 10.0. The number of terminal acetylenes is 3. The third-order valence-electron chi connectivity index (χ3n) is 5.58. The molecule has 0 fully saturated rings. The van der Waals surface area contributed by atoms with Crippen LogP contribution in [-0.2, 0) is 0 Å². The molecule has 0 aromatic heterocycles. The van der Waals surface area contributed by atoms with E-state index in [1.165, 1.54) is 18.2 Å². The fourth-order valence-corrected chi connectivity index (χ4v) is 3.69. The zero-order valence-electron chi connectivity index (χ0n) is 20.6. The van der Waals surface area contributed by atoms with Crippen molar-refractivity contribution in [2.45, 2.75) is 0 Å². The number of nitrogens with one attached hydrogen (secondary N) is 3. The predicted octanol–water partition coefficient (Wildman–Crippen LogP) is 5.39. The molecule has 4 rings (SSSR count). The Balaban J connectivity index is 1.68. The second kappa shape index (κ2) is 11.8. The van der Waals surface area contributed by atoms with Crippen LogP contribution >= 0.6 is 0 Å². The summed E-state index contributed by atoms with van der Waals surface area (Å²) in [6, 6.07) is 24.5. The van der Waals surface area contributed by atoms with Gasteiger partial charge in [-0.2, -0.15) is 0 Å². The monoisotopic (exact) mass is 507 g/mol. The maximum absolute atomic E-state index is 13.2. The number of hydrogen-bond acceptors (Lipinski definition) is 3. The fraction of sp³-hybridized carbons (Fsp3) is 0. The van der Waals surface area contributed by atoms with Crippen LogP contribution in [0.2, 0.25) is 0 Å². The molecule has 6 heteroatoms. The summed E-state index contributed by atoms with van der Waals surface area (Å²) in [7, 11) is 0. The first-order valence-corrected chi connectivity index (χ1v) is 11.7. The van der Waals surface area contributed by atoms with Crippen molar-refractivity contribution < 1.29 is 14.4 Å². The zero-order valence-corrected chi connectivity index (χ0v) is 20.6. The van der Waals surface area contributed by atoms with Gasteiger partial charge in [0, 0.05) is 50.4 Å². The fourth-order valence-electron chi connectivity index (χ4n) is 3.69. The average Bonchev–Trinajstić information content (AvgIpc) is 2.97. The average molecular weight is 508 g/mol. The highest BCUT2D eigenvalue weighted by Crippen LogP contribution is 2.19. The van der Waals surface area contributed by atoms with Crippen molar-refractivity contribution in [2.24, 2.45) is 0 Å². The molecule has 186 valence electrons. The van der Waals surface area contributed by atoms with E-state index in [0.29, 0.717) is 33.8 Å². The first kappa shape index (κ1) is 26.0. The Morgan fingerprint density at radius 3 is 1.00 bits per heavy atom. The third-order valence-corrected chi connectivity index (χ3v) is 5.58. The Morgan fingerprint density at radius 2 is 0.744 bits per heavy atom. The lowest BCUT2D eigenvalue weighted by Gasteiger charge is -2.12. The lowest BCUT2D eigenvalue weighted by Crippen LogP contribution is -2.19. The molecule has 39 heavy (non-hydrogen) atoms. The largest absolute Gasteiger partial charge is 0.322 e. The summed E-state index contributed by atoms with van der Waals surface area (Å²) in [5, 5.41) is 8.26. The van der Waals surface area contributed by atoms with Crippen molar-refractivity contribution in [1.29, 1.82) is 0 Å². The molecule has 3 amide bonds. The SMILES string of the molecule is C#Cc1cccc(NC(=O)c2cc(C(=O)Nc3cccc(C#C)c3)cc(C(=O)Nc3cccc(C#C)c3)c2)c1. The van der Waals surface area contributed by atoms with Crippen LogP contribution in [0.4, 0.5) is 17.1 Å². The van der Waals surface area contributed by atoms with Crippen molar-refractivity contribution in [2.75, 3.05) is 16.0 Å². The van der Waals surface area contributed by atoms with Crippen molar-refractivity contribution in [3.05, 3.63) is 124 Å². The third kappa shape index (κ3) is 6.60. The van der Waals surface area contributed by atoms with Gasteiger partial charge in [0.25, 0.3) is 17.7 Å². The summed E-state index contributed by atoms with van der Waals surface area (Å²) in [4.78, 5) is 39.5. The second-order valence-corrected chi connectivity index (χ2v) is 8.34. The van der Waals surface area contributed by atoms with Crippen LogP contribution in [0.5, 0.6) is 0 Å². The number of benzene rings is 4. The molecule has 0 unspecified atom stereocenters. The molecule has 0 radical (unpaired) electrons. The number of rotatable bonds is 6. The molecule has 4 aromatic rings. The van der Waals surface area contributed by atoms with Gasteiger partial charge in [-0.15, -0.1) is 19.3 Å². The van der Waals surface area contributed by atoms with Gasteiger partial charge in [-0.3, -0.25) is 14.4 Å². The van der Waals surface area contributed by atoms with E-state index in [1.807, 2.05) is 0 Å². The molecule has 0 spiro atoms. The van der Waals surface area contributed by atoms with E-state index in [-0.39, 0.29) is 16.7 Å². The molecule has 0 aliphatic carbocycles. The second-order valence-electron chi connectivity index (χ2n) is 8.34. The highest BCUT2D eigenvalue weighted by atomic mass is 16.2. The van der Waals surface area contributed by atoms with Gasteiger partial charge in [-0.25, -0.2) is 0 Å². The van der Waals surface area contributed by atoms with Gasteiger partial charge in [0.2, 0.25) is 0 Å². The Morgan fingerprint density at radius 1 is 0.462 bits per heavy atom. The van der Waals surface area contributed by atoms with E-state index in [2.05, 4.69) is 33.7 Å². The molecule has 0 atom stereocenters. The van der Waals surface area contributed by atoms with Gasteiger partial charge >= 0.3 is 0 Å². The first-order chi connectivity index (χ1) is 18.9. The van der Waals surface area contributed by atoms with E-state index in [4.69, 9.17) is 19.3 Å². The van der Waals surface area contributed by atoms with Crippen LogP contribution in [-0.4, -0.2) is 17.7 Å². The molecule has 0 saturated heterocycles. The van der Waals surface area contributed by atoms with Crippen molar-refractivity contribution >= 4 is 34.8 Å². The lowest BCUT2D eigenvalue weighted by molar-refractivity contribution is 0.102. The first-order valence-electron chi connectivity index (χ1n) is 11.7. The normalized spacial score (nSPS) is 9.77. The van der Waals surface area contributed by atoms with E-state index in [1.54, 1.807) is 72.8 Å². The Bertz CT molecular complexity index is 1520. The van der Waals surface area contributed by atoms with Crippen molar-refractivity contribution in [3.63, 3.8) is 0 Å². The number of hydrogen-bond donors (Lipinski definition) is 3. The van der Waals surface area contributed by atoms with Gasteiger partial charge in [0.15, 0.2) is 0 Å². The highest BCUT2D eigenvalue weighted by molar-refractivity contribution is 6.13. The minimum Gasteiger partial charge on any atom is -0.322 e. The quantitative estimate of drug-likeness (QED) is 0.306. The summed E-state index contributed by atoms with van der Waals surface area (Å²) < 4.78 is 0. The number of carbonyl (C=O) groups is 3. The summed E-state index contributed by atoms with van der Waals surface area (Å²) in [6.45, 7) is 0.